The van der Waals surface area contributed by atoms with E-state index >= 15 is 0 Å². The molecule has 3 rings (SSSR count). The topological polar surface area (TPSA) is 80.9 Å². The first-order valence-corrected chi connectivity index (χ1v) is 5.26. The van der Waals surface area contributed by atoms with Gasteiger partial charge in [-0.1, -0.05) is 0 Å². The third-order valence-electron chi connectivity index (χ3n) is 2.40. The number of fused-ring (bicyclic) bond motifs is 1. The van der Waals surface area contributed by atoms with Gasteiger partial charge in [0.05, 0.1) is 6.20 Å². The zero-order valence-electron chi connectivity index (χ0n) is 9.20. The van der Waals surface area contributed by atoms with Crippen molar-refractivity contribution >= 4 is 22.5 Å². The van der Waals surface area contributed by atoms with E-state index in [4.69, 9.17) is 4.42 Å². The second kappa shape index (κ2) is 4.25. The average Bonchev–Trinajstić information content (AvgIpc) is 2.39. The Labute approximate surface area is 101 Å². The third kappa shape index (κ3) is 2.03. The molecular weight excluding hydrogens is 232 g/mol. The van der Waals surface area contributed by atoms with Crippen LogP contribution in [0.15, 0.2) is 51.8 Å². The monoisotopic (exact) mass is 240 g/mol. The zero-order chi connectivity index (χ0) is 12.4. The number of nitrogens with one attached hydrogen (secondary N) is 1. The number of hydrogen-bond acceptors (Lipinski definition) is 6. The summed E-state index contributed by atoms with van der Waals surface area (Å²) in [6.45, 7) is 0. The Hall–Kier alpha value is -2.76. The highest BCUT2D eigenvalue weighted by Crippen LogP contribution is 2.19. The van der Waals surface area contributed by atoms with E-state index in [0.717, 1.165) is 11.1 Å². The average molecular weight is 240 g/mol. The summed E-state index contributed by atoms with van der Waals surface area (Å²) in [7, 11) is 0. The standard InChI is InChI=1S/C12H8N4O2/c17-12-4-2-8-1-3-9(7-10(8)18-12)14-11-5-6-13-16-15-11/h1-7H,(H,13,14,15). The van der Waals surface area contributed by atoms with Gasteiger partial charge >= 0.3 is 5.63 Å². The van der Waals surface area contributed by atoms with Crippen LogP contribution in [-0.4, -0.2) is 15.4 Å². The smallest absolute Gasteiger partial charge is 0.336 e. The van der Waals surface area contributed by atoms with Crippen LogP contribution in [0.3, 0.4) is 0 Å². The van der Waals surface area contributed by atoms with Crippen molar-refractivity contribution in [1.29, 1.82) is 0 Å². The van der Waals surface area contributed by atoms with Crippen molar-refractivity contribution in [3.63, 3.8) is 0 Å². The molecule has 18 heavy (non-hydrogen) atoms. The molecule has 6 heteroatoms. The molecule has 0 atom stereocenters. The summed E-state index contributed by atoms with van der Waals surface area (Å²) in [5.41, 5.74) is 0.912. The Morgan fingerprint density at radius 1 is 1.11 bits per heavy atom. The van der Waals surface area contributed by atoms with Crippen LogP contribution in [0.1, 0.15) is 0 Å². The summed E-state index contributed by atoms with van der Waals surface area (Å²) < 4.78 is 5.10. The third-order valence-corrected chi connectivity index (χ3v) is 2.40. The molecule has 0 bridgehead atoms. The fourth-order valence-corrected chi connectivity index (χ4v) is 1.59. The Morgan fingerprint density at radius 3 is 2.83 bits per heavy atom. The van der Waals surface area contributed by atoms with Crippen molar-refractivity contribution < 1.29 is 4.42 Å². The molecule has 0 saturated heterocycles. The summed E-state index contributed by atoms with van der Waals surface area (Å²) in [6.07, 6.45) is 1.54. The number of benzene rings is 1. The maximum Gasteiger partial charge on any atom is 0.336 e. The minimum atomic E-state index is -0.372. The van der Waals surface area contributed by atoms with Crippen molar-refractivity contribution in [3.05, 3.63) is 53.0 Å². The highest BCUT2D eigenvalue weighted by Gasteiger charge is 2.00. The molecule has 0 fully saturated rings. The molecule has 0 unspecified atom stereocenters. The minimum absolute atomic E-state index is 0.372. The van der Waals surface area contributed by atoms with E-state index < -0.39 is 0 Å². The molecule has 0 radical (unpaired) electrons. The van der Waals surface area contributed by atoms with E-state index in [9.17, 15) is 4.79 Å². The molecule has 2 aromatic heterocycles. The second-order valence-corrected chi connectivity index (χ2v) is 3.64. The predicted octanol–water partition coefficient (Wildman–Crippen LogP) is 1.72. The maximum absolute atomic E-state index is 11.1. The van der Waals surface area contributed by atoms with Crippen molar-refractivity contribution in [2.24, 2.45) is 0 Å². The molecule has 0 aliphatic heterocycles. The van der Waals surface area contributed by atoms with Gasteiger partial charge in [0, 0.05) is 29.3 Å². The molecular formula is C12H8N4O2. The lowest BCUT2D eigenvalue weighted by Gasteiger charge is -2.04. The predicted molar refractivity (Wildman–Crippen MR) is 65.6 cm³/mol. The van der Waals surface area contributed by atoms with E-state index in [1.165, 1.54) is 12.3 Å². The largest absolute Gasteiger partial charge is 0.423 e. The number of rotatable bonds is 2. The quantitative estimate of drug-likeness (QED) is 0.687. The fourth-order valence-electron chi connectivity index (χ4n) is 1.59. The lowest BCUT2D eigenvalue weighted by molar-refractivity contribution is 0.561. The van der Waals surface area contributed by atoms with E-state index in [-0.39, 0.29) is 5.63 Å². The number of aromatic nitrogens is 3. The first-order valence-electron chi connectivity index (χ1n) is 5.26. The molecule has 0 spiro atoms. The van der Waals surface area contributed by atoms with Crippen LogP contribution in [0.2, 0.25) is 0 Å². The van der Waals surface area contributed by atoms with Crippen LogP contribution in [0.4, 0.5) is 11.5 Å². The van der Waals surface area contributed by atoms with Crippen molar-refractivity contribution in [2.75, 3.05) is 5.32 Å². The molecule has 0 saturated carbocycles. The lowest BCUT2D eigenvalue weighted by Crippen LogP contribution is -1.97. The van der Waals surface area contributed by atoms with Gasteiger partial charge in [-0.3, -0.25) is 0 Å². The van der Waals surface area contributed by atoms with E-state index in [1.807, 2.05) is 12.1 Å². The van der Waals surface area contributed by atoms with Crippen molar-refractivity contribution in [2.45, 2.75) is 0 Å². The summed E-state index contributed by atoms with van der Waals surface area (Å²) >= 11 is 0. The van der Waals surface area contributed by atoms with E-state index in [2.05, 4.69) is 20.7 Å². The molecule has 6 nitrogen and oxygen atoms in total. The Balaban J connectivity index is 2.00. The van der Waals surface area contributed by atoms with Crippen LogP contribution in [0.25, 0.3) is 11.0 Å². The Morgan fingerprint density at radius 2 is 2.00 bits per heavy atom. The molecule has 88 valence electrons. The first-order chi connectivity index (χ1) is 8.81. The summed E-state index contributed by atoms with van der Waals surface area (Å²) in [5, 5.41) is 14.8. The molecule has 2 heterocycles. The van der Waals surface area contributed by atoms with Gasteiger partial charge in [-0.2, -0.15) is 0 Å². The van der Waals surface area contributed by atoms with Crippen LogP contribution in [-0.2, 0) is 0 Å². The van der Waals surface area contributed by atoms with Crippen LogP contribution in [0.5, 0.6) is 0 Å². The molecule has 3 aromatic rings. The van der Waals surface area contributed by atoms with Crippen molar-refractivity contribution in [1.82, 2.24) is 15.4 Å². The summed E-state index contributed by atoms with van der Waals surface area (Å²) in [4.78, 5) is 11.1. The summed E-state index contributed by atoms with van der Waals surface area (Å²) in [6, 6.07) is 10.3. The normalized spacial score (nSPS) is 10.4. The first kappa shape index (κ1) is 10.4. The Bertz CT molecular complexity index is 740. The van der Waals surface area contributed by atoms with Gasteiger partial charge < -0.3 is 9.73 Å². The van der Waals surface area contributed by atoms with Gasteiger partial charge in [0.15, 0.2) is 5.82 Å². The highest BCUT2D eigenvalue weighted by molar-refractivity contribution is 5.81. The van der Waals surface area contributed by atoms with E-state index in [0.29, 0.717) is 11.4 Å². The lowest BCUT2D eigenvalue weighted by atomic mass is 10.2. The maximum atomic E-state index is 11.1. The molecule has 0 aliphatic rings. The molecule has 0 aliphatic carbocycles. The van der Waals surface area contributed by atoms with Gasteiger partial charge in [0.25, 0.3) is 0 Å². The Kier molecular flexibility index (Phi) is 2.45. The number of hydrogen-bond donors (Lipinski definition) is 1. The second-order valence-electron chi connectivity index (χ2n) is 3.64. The van der Waals surface area contributed by atoms with Crippen LogP contribution >= 0.6 is 0 Å². The van der Waals surface area contributed by atoms with Gasteiger partial charge in [0.2, 0.25) is 0 Å². The number of anilines is 2. The van der Waals surface area contributed by atoms with Crippen LogP contribution < -0.4 is 10.9 Å². The molecule has 0 amide bonds. The van der Waals surface area contributed by atoms with Gasteiger partial charge in [-0.15, -0.1) is 10.2 Å². The van der Waals surface area contributed by atoms with Crippen molar-refractivity contribution in [3.8, 4) is 0 Å². The van der Waals surface area contributed by atoms with Gasteiger partial charge in [-0.25, -0.2) is 4.79 Å². The molecule has 1 N–H and O–H groups in total. The highest BCUT2D eigenvalue weighted by atomic mass is 16.4. The summed E-state index contributed by atoms with van der Waals surface area (Å²) in [5.74, 6) is 0.572. The zero-order valence-corrected chi connectivity index (χ0v) is 9.20. The van der Waals surface area contributed by atoms with Crippen LogP contribution in [0, 0.1) is 0 Å². The van der Waals surface area contributed by atoms with Gasteiger partial charge in [0.1, 0.15) is 5.58 Å². The fraction of sp³-hybridized carbons (Fsp3) is 0. The molecule has 1 aromatic carbocycles. The minimum Gasteiger partial charge on any atom is -0.423 e. The van der Waals surface area contributed by atoms with Gasteiger partial charge in [-0.05, 0) is 23.4 Å². The number of nitrogens with zero attached hydrogens (tertiary/aromatic N) is 3. The van der Waals surface area contributed by atoms with E-state index in [1.54, 1.807) is 18.2 Å². The SMILES string of the molecule is O=c1ccc2ccc(Nc3ccnnn3)cc2o1.